The number of nitrogens with zero attached hydrogens (tertiary/aromatic N) is 1. The first-order valence-corrected chi connectivity index (χ1v) is 7.70. The molecule has 118 valence electrons. The zero-order chi connectivity index (χ0) is 16.5. The van der Waals surface area contributed by atoms with Crippen molar-refractivity contribution in [1.82, 2.24) is 4.98 Å². The van der Waals surface area contributed by atoms with Gasteiger partial charge in [-0.15, -0.1) is 0 Å². The molecular formula is C13H10BrF3N2O2S. The Bertz CT molecular complexity index is 716. The number of hydrogen-bond acceptors (Lipinski definition) is 4. The smallest absolute Gasteiger partial charge is 0.443 e. The molecule has 0 saturated carbocycles. The minimum Gasteiger partial charge on any atom is -0.507 e. The zero-order valence-corrected chi connectivity index (χ0v) is 13.6. The molecule has 1 aromatic heterocycles. The third-order valence-corrected chi connectivity index (χ3v) is 4.26. The summed E-state index contributed by atoms with van der Waals surface area (Å²) in [6.45, 7) is 1.64. The van der Waals surface area contributed by atoms with Crippen LogP contribution in [0.1, 0.15) is 28.0 Å². The highest BCUT2D eigenvalue weighted by Gasteiger charge is 2.36. The summed E-state index contributed by atoms with van der Waals surface area (Å²) in [5.74, 6) is -0.967. The van der Waals surface area contributed by atoms with E-state index in [1.807, 2.05) is 0 Å². The molecule has 2 aromatic rings. The van der Waals surface area contributed by atoms with E-state index in [0.29, 0.717) is 15.8 Å². The second-order valence-corrected chi connectivity index (χ2v) is 6.18. The van der Waals surface area contributed by atoms with Crippen molar-refractivity contribution in [3.8, 4) is 5.75 Å². The van der Waals surface area contributed by atoms with Gasteiger partial charge in [0.2, 0.25) is 0 Å². The maximum Gasteiger partial charge on any atom is 0.443 e. The second-order valence-electron chi connectivity index (χ2n) is 4.26. The Balaban J connectivity index is 2.32. The SMILES string of the molecule is CCc1nc(C(F)(F)F)sc1NC(=O)c1cc(Br)ccc1O. The van der Waals surface area contributed by atoms with Crippen LogP contribution in [0.25, 0.3) is 0 Å². The number of anilines is 1. The maximum atomic E-state index is 12.7. The summed E-state index contributed by atoms with van der Waals surface area (Å²) >= 11 is 3.52. The van der Waals surface area contributed by atoms with E-state index in [-0.39, 0.29) is 28.4 Å². The highest BCUT2D eigenvalue weighted by atomic mass is 79.9. The van der Waals surface area contributed by atoms with Gasteiger partial charge in [0.15, 0.2) is 5.01 Å². The molecule has 1 aromatic carbocycles. The summed E-state index contributed by atoms with van der Waals surface area (Å²) in [6.07, 6.45) is -4.32. The second kappa shape index (κ2) is 6.25. The average Bonchev–Trinajstić information content (AvgIpc) is 2.84. The topological polar surface area (TPSA) is 62.2 Å². The molecule has 0 bridgehead atoms. The number of rotatable bonds is 3. The molecule has 0 saturated heterocycles. The number of amides is 1. The molecule has 0 radical (unpaired) electrons. The predicted octanol–water partition coefficient (Wildman–Crippen LogP) is 4.44. The summed E-state index contributed by atoms with van der Waals surface area (Å²) in [7, 11) is 0. The van der Waals surface area contributed by atoms with Crippen molar-refractivity contribution < 1.29 is 23.1 Å². The minimum absolute atomic E-state index is 0.0270. The molecule has 2 N–H and O–H groups in total. The number of nitrogens with one attached hydrogen (secondary N) is 1. The molecule has 0 aliphatic carbocycles. The number of thiazole rings is 1. The number of phenolic OH excluding ortho intramolecular Hbond substituents is 1. The first-order chi connectivity index (χ1) is 10.2. The Kier molecular flexibility index (Phi) is 4.76. The number of hydrogen-bond donors (Lipinski definition) is 2. The van der Waals surface area contributed by atoms with Gasteiger partial charge < -0.3 is 10.4 Å². The lowest BCUT2D eigenvalue weighted by molar-refractivity contribution is -0.137. The van der Waals surface area contributed by atoms with Crippen molar-refractivity contribution in [3.05, 3.63) is 38.9 Å². The third-order valence-electron chi connectivity index (χ3n) is 2.71. The van der Waals surface area contributed by atoms with Gasteiger partial charge in [0, 0.05) is 4.47 Å². The standard InChI is InChI=1S/C13H10BrF3N2O2S/c1-2-8-11(22-12(18-8)13(15,16)17)19-10(21)7-5-6(14)3-4-9(7)20/h3-5,20H,2H2,1H3,(H,19,21). The van der Waals surface area contributed by atoms with Crippen molar-refractivity contribution in [1.29, 1.82) is 0 Å². The van der Waals surface area contributed by atoms with Gasteiger partial charge >= 0.3 is 6.18 Å². The van der Waals surface area contributed by atoms with Gasteiger partial charge in [0.25, 0.3) is 5.91 Å². The summed E-state index contributed by atoms with van der Waals surface area (Å²) in [5, 5.41) is 11.1. The number of phenols is 1. The Labute approximate surface area is 136 Å². The van der Waals surface area contributed by atoms with E-state index in [1.54, 1.807) is 6.92 Å². The Hall–Kier alpha value is -1.61. The molecule has 22 heavy (non-hydrogen) atoms. The van der Waals surface area contributed by atoms with Gasteiger partial charge in [-0.05, 0) is 24.6 Å². The molecule has 4 nitrogen and oxygen atoms in total. The number of aromatic nitrogens is 1. The third kappa shape index (κ3) is 3.58. The van der Waals surface area contributed by atoms with E-state index in [0.717, 1.165) is 0 Å². The van der Waals surface area contributed by atoms with Crippen LogP contribution in [0.3, 0.4) is 0 Å². The fourth-order valence-corrected chi connectivity index (χ4v) is 2.95. The highest BCUT2D eigenvalue weighted by molar-refractivity contribution is 9.10. The van der Waals surface area contributed by atoms with Gasteiger partial charge in [-0.25, -0.2) is 4.98 Å². The quantitative estimate of drug-likeness (QED) is 0.808. The van der Waals surface area contributed by atoms with E-state index < -0.39 is 17.1 Å². The fourth-order valence-electron chi connectivity index (χ4n) is 1.67. The minimum atomic E-state index is -4.56. The van der Waals surface area contributed by atoms with E-state index in [1.165, 1.54) is 18.2 Å². The zero-order valence-electron chi connectivity index (χ0n) is 11.2. The lowest BCUT2D eigenvalue weighted by Crippen LogP contribution is -2.12. The van der Waals surface area contributed by atoms with Gasteiger partial charge in [0.1, 0.15) is 10.8 Å². The number of aryl methyl sites for hydroxylation is 1. The fraction of sp³-hybridized carbons (Fsp3) is 0.231. The molecule has 2 rings (SSSR count). The number of carbonyl (C=O) groups is 1. The van der Waals surface area contributed by atoms with Crippen molar-refractivity contribution in [2.24, 2.45) is 0 Å². The molecule has 0 fully saturated rings. The Morgan fingerprint density at radius 3 is 2.73 bits per heavy atom. The summed E-state index contributed by atoms with van der Waals surface area (Å²) in [5.41, 5.74) is 0.110. The molecule has 0 aliphatic rings. The van der Waals surface area contributed by atoms with E-state index in [4.69, 9.17) is 0 Å². The van der Waals surface area contributed by atoms with Gasteiger partial charge in [-0.2, -0.15) is 13.2 Å². The number of alkyl halides is 3. The average molecular weight is 395 g/mol. The number of halogens is 4. The van der Waals surface area contributed by atoms with Crippen LogP contribution in [0.15, 0.2) is 22.7 Å². The normalized spacial score (nSPS) is 11.5. The molecule has 0 unspecified atom stereocenters. The summed E-state index contributed by atoms with van der Waals surface area (Å²) in [6, 6.07) is 4.23. The van der Waals surface area contributed by atoms with Crippen LogP contribution in [-0.4, -0.2) is 16.0 Å². The molecule has 9 heteroatoms. The maximum absolute atomic E-state index is 12.7. The Morgan fingerprint density at radius 1 is 1.45 bits per heavy atom. The van der Waals surface area contributed by atoms with Crippen LogP contribution in [0.2, 0.25) is 0 Å². The van der Waals surface area contributed by atoms with Gasteiger partial charge in [0.05, 0.1) is 11.3 Å². The van der Waals surface area contributed by atoms with Crippen LogP contribution in [0.5, 0.6) is 5.75 Å². The van der Waals surface area contributed by atoms with Crippen LogP contribution in [0, 0.1) is 0 Å². The lowest BCUT2D eigenvalue weighted by atomic mass is 10.2. The molecule has 0 aliphatic heterocycles. The number of aromatic hydroxyl groups is 1. The van der Waals surface area contributed by atoms with Crippen molar-refractivity contribution in [3.63, 3.8) is 0 Å². The predicted molar refractivity (Wildman–Crippen MR) is 80.3 cm³/mol. The number of carbonyl (C=O) groups excluding carboxylic acids is 1. The summed E-state index contributed by atoms with van der Waals surface area (Å²) in [4.78, 5) is 15.6. The molecular weight excluding hydrogens is 385 g/mol. The first kappa shape index (κ1) is 16.8. The molecule has 1 heterocycles. The van der Waals surface area contributed by atoms with E-state index in [9.17, 15) is 23.1 Å². The largest absolute Gasteiger partial charge is 0.507 e. The van der Waals surface area contributed by atoms with Crippen molar-refractivity contribution >= 4 is 38.2 Å². The monoisotopic (exact) mass is 394 g/mol. The first-order valence-electron chi connectivity index (χ1n) is 6.09. The number of benzene rings is 1. The van der Waals surface area contributed by atoms with Crippen LogP contribution >= 0.6 is 27.3 Å². The van der Waals surface area contributed by atoms with E-state index in [2.05, 4.69) is 26.2 Å². The summed E-state index contributed by atoms with van der Waals surface area (Å²) < 4.78 is 38.6. The van der Waals surface area contributed by atoms with Gasteiger partial charge in [-0.1, -0.05) is 34.2 Å². The van der Waals surface area contributed by atoms with Crippen LogP contribution in [-0.2, 0) is 12.6 Å². The van der Waals surface area contributed by atoms with E-state index >= 15 is 0 Å². The molecule has 0 spiro atoms. The molecule has 1 amide bonds. The lowest BCUT2D eigenvalue weighted by Gasteiger charge is -2.06. The molecule has 0 atom stereocenters. The van der Waals surface area contributed by atoms with Crippen molar-refractivity contribution in [2.75, 3.05) is 5.32 Å². The Morgan fingerprint density at radius 2 is 2.14 bits per heavy atom. The van der Waals surface area contributed by atoms with Gasteiger partial charge in [-0.3, -0.25) is 4.79 Å². The van der Waals surface area contributed by atoms with Crippen molar-refractivity contribution in [2.45, 2.75) is 19.5 Å². The van der Waals surface area contributed by atoms with Crippen LogP contribution < -0.4 is 5.32 Å². The van der Waals surface area contributed by atoms with Crippen LogP contribution in [0.4, 0.5) is 18.2 Å². The highest BCUT2D eigenvalue weighted by Crippen LogP contribution is 2.37.